The molecule has 0 atom stereocenters. The Kier molecular flexibility index (Phi) is 6.46. The molecule has 3 rings (SSSR count). The summed E-state index contributed by atoms with van der Waals surface area (Å²) in [6, 6.07) is 19.2. The molecular weight excluding hydrogens is 308 g/mol. The molecule has 0 unspecified atom stereocenters. The zero-order valence-electron chi connectivity index (χ0n) is 15.0. The molecule has 0 amide bonds. The second kappa shape index (κ2) is 9.23. The van der Waals surface area contributed by atoms with Crippen LogP contribution in [0.1, 0.15) is 23.1 Å². The Balaban J connectivity index is 1.35. The van der Waals surface area contributed by atoms with Crippen molar-refractivity contribution in [2.45, 2.75) is 25.9 Å². The summed E-state index contributed by atoms with van der Waals surface area (Å²) in [6.07, 6.45) is 2.29. The Morgan fingerprint density at radius 3 is 2.56 bits per heavy atom. The van der Waals surface area contributed by atoms with Crippen molar-refractivity contribution in [3.63, 3.8) is 0 Å². The molecule has 4 nitrogen and oxygen atoms in total. The normalized spacial score (nSPS) is 14.8. The molecule has 0 radical (unpaired) electrons. The number of hydrogen-bond donors (Lipinski definition) is 2. The van der Waals surface area contributed by atoms with E-state index in [0.29, 0.717) is 0 Å². The quantitative estimate of drug-likeness (QED) is 0.484. The third-order valence-electron chi connectivity index (χ3n) is 4.68. The lowest BCUT2D eigenvalue weighted by Gasteiger charge is -2.28. The molecule has 2 aromatic carbocycles. The Labute approximate surface area is 151 Å². The molecule has 0 saturated heterocycles. The van der Waals surface area contributed by atoms with Gasteiger partial charge in [0.2, 0.25) is 0 Å². The van der Waals surface area contributed by atoms with Crippen LogP contribution in [0.2, 0.25) is 0 Å². The number of aliphatic imine (C=N–C) groups is 1. The number of nitrogens with one attached hydrogen (secondary N) is 2. The number of fused-ring (bicyclic) bond motifs is 1. The van der Waals surface area contributed by atoms with Gasteiger partial charge < -0.3 is 10.6 Å². The van der Waals surface area contributed by atoms with Crippen LogP contribution in [0.15, 0.2) is 59.6 Å². The number of hydrogen-bond acceptors (Lipinski definition) is 2. The third kappa shape index (κ3) is 5.33. The summed E-state index contributed by atoms with van der Waals surface area (Å²) in [4.78, 5) is 6.84. The molecule has 4 heteroatoms. The van der Waals surface area contributed by atoms with Gasteiger partial charge in [-0.2, -0.15) is 0 Å². The SMILES string of the molecule is CN=C(NCCCN1CCc2ccccc2C1)NCc1ccccc1. The summed E-state index contributed by atoms with van der Waals surface area (Å²) in [7, 11) is 1.82. The summed E-state index contributed by atoms with van der Waals surface area (Å²) >= 11 is 0. The summed E-state index contributed by atoms with van der Waals surface area (Å²) in [5, 5.41) is 6.77. The lowest BCUT2D eigenvalue weighted by atomic mass is 10.00. The van der Waals surface area contributed by atoms with Gasteiger partial charge in [0.25, 0.3) is 0 Å². The Morgan fingerprint density at radius 2 is 1.76 bits per heavy atom. The topological polar surface area (TPSA) is 39.7 Å². The van der Waals surface area contributed by atoms with Crippen molar-refractivity contribution in [3.8, 4) is 0 Å². The van der Waals surface area contributed by atoms with Gasteiger partial charge in [-0.15, -0.1) is 0 Å². The maximum atomic E-state index is 4.30. The number of benzene rings is 2. The molecule has 1 aliphatic rings. The van der Waals surface area contributed by atoms with Crippen LogP contribution in [0.3, 0.4) is 0 Å². The predicted octanol–water partition coefficient (Wildman–Crippen LogP) is 2.80. The van der Waals surface area contributed by atoms with Gasteiger partial charge in [0.15, 0.2) is 5.96 Å². The largest absolute Gasteiger partial charge is 0.356 e. The van der Waals surface area contributed by atoms with Crippen molar-refractivity contribution in [2.75, 3.05) is 26.7 Å². The molecule has 0 aliphatic carbocycles. The van der Waals surface area contributed by atoms with Crippen molar-refractivity contribution in [1.29, 1.82) is 0 Å². The van der Waals surface area contributed by atoms with Gasteiger partial charge in [-0.3, -0.25) is 9.89 Å². The molecular formula is C21H28N4. The number of nitrogens with zero attached hydrogens (tertiary/aromatic N) is 2. The second-order valence-electron chi connectivity index (χ2n) is 6.49. The van der Waals surface area contributed by atoms with Crippen LogP contribution in [-0.2, 0) is 19.5 Å². The minimum Gasteiger partial charge on any atom is -0.356 e. The Hall–Kier alpha value is -2.33. The van der Waals surface area contributed by atoms with E-state index in [1.54, 1.807) is 0 Å². The zero-order valence-corrected chi connectivity index (χ0v) is 15.0. The van der Waals surface area contributed by atoms with Crippen molar-refractivity contribution in [1.82, 2.24) is 15.5 Å². The molecule has 2 N–H and O–H groups in total. The Bertz CT molecular complexity index is 681. The summed E-state index contributed by atoms with van der Waals surface area (Å²) in [5.41, 5.74) is 4.27. The van der Waals surface area contributed by atoms with E-state index in [9.17, 15) is 0 Å². The van der Waals surface area contributed by atoms with Crippen LogP contribution >= 0.6 is 0 Å². The lowest BCUT2D eigenvalue weighted by Crippen LogP contribution is -2.39. The maximum absolute atomic E-state index is 4.30. The van der Waals surface area contributed by atoms with Crippen LogP contribution in [0.4, 0.5) is 0 Å². The van der Waals surface area contributed by atoms with Gasteiger partial charge in [-0.05, 0) is 29.5 Å². The zero-order chi connectivity index (χ0) is 17.3. The van der Waals surface area contributed by atoms with Crippen LogP contribution in [0, 0.1) is 0 Å². The van der Waals surface area contributed by atoms with E-state index < -0.39 is 0 Å². The minimum atomic E-state index is 0.795. The van der Waals surface area contributed by atoms with Crippen molar-refractivity contribution >= 4 is 5.96 Å². The average Bonchev–Trinajstić information content (AvgIpc) is 2.68. The highest BCUT2D eigenvalue weighted by atomic mass is 15.2. The highest BCUT2D eigenvalue weighted by Crippen LogP contribution is 2.18. The van der Waals surface area contributed by atoms with E-state index in [2.05, 4.69) is 69.1 Å². The molecule has 0 saturated carbocycles. The fraction of sp³-hybridized carbons (Fsp3) is 0.381. The molecule has 0 fully saturated rings. The van der Waals surface area contributed by atoms with Gasteiger partial charge in [0.1, 0.15) is 0 Å². The molecule has 0 bridgehead atoms. The highest BCUT2D eigenvalue weighted by Gasteiger charge is 2.14. The standard InChI is InChI=1S/C21H28N4/c1-22-21(24-16-18-8-3-2-4-9-18)23-13-7-14-25-15-12-19-10-5-6-11-20(19)17-25/h2-6,8-11H,7,12-17H2,1H3,(H2,22,23,24). The predicted molar refractivity (Wildman–Crippen MR) is 105 cm³/mol. The summed E-state index contributed by atoms with van der Waals surface area (Å²) in [5.74, 6) is 0.868. The van der Waals surface area contributed by atoms with Crippen molar-refractivity contribution < 1.29 is 0 Å². The first kappa shape index (κ1) is 17.5. The van der Waals surface area contributed by atoms with Crippen LogP contribution in [0.25, 0.3) is 0 Å². The first-order chi connectivity index (χ1) is 12.3. The minimum absolute atomic E-state index is 0.795. The molecule has 0 aromatic heterocycles. The molecule has 132 valence electrons. The van der Waals surface area contributed by atoms with Gasteiger partial charge in [0.05, 0.1) is 0 Å². The monoisotopic (exact) mass is 336 g/mol. The second-order valence-corrected chi connectivity index (χ2v) is 6.49. The molecule has 0 spiro atoms. The first-order valence-electron chi connectivity index (χ1n) is 9.13. The van der Waals surface area contributed by atoms with Gasteiger partial charge in [-0.1, -0.05) is 54.6 Å². The molecule has 1 heterocycles. The van der Waals surface area contributed by atoms with E-state index in [-0.39, 0.29) is 0 Å². The first-order valence-corrected chi connectivity index (χ1v) is 9.13. The van der Waals surface area contributed by atoms with Gasteiger partial charge in [0, 0.05) is 39.8 Å². The van der Waals surface area contributed by atoms with Crippen molar-refractivity contribution in [3.05, 3.63) is 71.3 Å². The third-order valence-corrected chi connectivity index (χ3v) is 4.68. The lowest BCUT2D eigenvalue weighted by molar-refractivity contribution is 0.251. The molecule has 2 aromatic rings. The number of guanidine groups is 1. The molecule has 1 aliphatic heterocycles. The van der Waals surface area contributed by atoms with E-state index in [1.165, 1.54) is 23.1 Å². The van der Waals surface area contributed by atoms with Crippen LogP contribution < -0.4 is 10.6 Å². The van der Waals surface area contributed by atoms with E-state index in [0.717, 1.165) is 45.1 Å². The smallest absolute Gasteiger partial charge is 0.191 e. The fourth-order valence-corrected chi connectivity index (χ4v) is 3.26. The van der Waals surface area contributed by atoms with Crippen LogP contribution in [-0.4, -0.2) is 37.5 Å². The van der Waals surface area contributed by atoms with Crippen LogP contribution in [0.5, 0.6) is 0 Å². The average molecular weight is 336 g/mol. The summed E-state index contributed by atoms with van der Waals surface area (Å²) < 4.78 is 0. The molecule has 25 heavy (non-hydrogen) atoms. The number of rotatable bonds is 6. The summed E-state index contributed by atoms with van der Waals surface area (Å²) in [6.45, 7) is 5.10. The van der Waals surface area contributed by atoms with E-state index in [4.69, 9.17) is 0 Å². The van der Waals surface area contributed by atoms with E-state index in [1.807, 2.05) is 13.1 Å². The Morgan fingerprint density at radius 1 is 1.00 bits per heavy atom. The van der Waals surface area contributed by atoms with Gasteiger partial charge in [-0.25, -0.2) is 0 Å². The highest BCUT2D eigenvalue weighted by molar-refractivity contribution is 5.79. The maximum Gasteiger partial charge on any atom is 0.191 e. The fourth-order valence-electron chi connectivity index (χ4n) is 3.26. The van der Waals surface area contributed by atoms with E-state index >= 15 is 0 Å². The van der Waals surface area contributed by atoms with Crippen molar-refractivity contribution in [2.24, 2.45) is 4.99 Å². The van der Waals surface area contributed by atoms with Gasteiger partial charge >= 0.3 is 0 Å².